The summed E-state index contributed by atoms with van der Waals surface area (Å²) >= 11 is 5.65. The summed E-state index contributed by atoms with van der Waals surface area (Å²) in [5.74, 6) is -7.97. The minimum Gasteiger partial charge on any atom is -0.480 e. The predicted molar refractivity (Wildman–Crippen MR) is 275 cm³/mol. The Kier molecular flexibility index (Phi) is 27.7. The molecule has 1 aliphatic heterocycles. The fourth-order valence-corrected chi connectivity index (χ4v) is 8.61. The van der Waals surface area contributed by atoms with Gasteiger partial charge in [0.05, 0.1) is 12.6 Å². The Balaban J connectivity index is 2.31. The molecule has 72 heavy (non-hydrogen) atoms. The first kappa shape index (κ1) is 62.7. The number of aliphatic carboxylic acids is 1. The number of rotatable bonds is 32. The molecule has 2 rings (SSSR count). The van der Waals surface area contributed by atoms with Crippen LogP contribution in [-0.4, -0.2) is 160 Å². The molecule has 0 spiro atoms. The third-order valence-electron chi connectivity index (χ3n) is 11.7. The van der Waals surface area contributed by atoms with Crippen LogP contribution in [0.2, 0.25) is 0 Å². The van der Waals surface area contributed by atoms with Crippen LogP contribution in [0.1, 0.15) is 98.5 Å². The van der Waals surface area contributed by atoms with E-state index in [1.807, 2.05) is 20.1 Å². The van der Waals surface area contributed by atoms with E-state index in [-0.39, 0.29) is 81.4 Å². The molecule has 0 unspecified atom stereocenters. The van der Waals surface area contributed by atoms with Crippen LogP contribution in [0.4, 0.5) is 0 Å². The second-order valence-corrected chi connectivity index (χ2v) is 20.6. The van der Waals surface area contributed by atoms with Gasteiger partial charge in [0, 0.05) is 25.1 Å². The average molecular weight is 1050 g/mol. The standard InChI is InChI=1S/C48H78N10O12S2/c1-26(2)20-32(52-40(61)30(49)15-16-39(50)60)41(62)51-31(17-19-72-7)47(68)58-18-11-14-38(58)46(67)54-34(23-29-12-9-8-10-13-29)43(64)56-36(24-59)44(65)57-37(25-71)45(66)53-33(21-27(3)4)42(63)55-35(48(69)70)22-28(5)6/h8-10,12-13,26-28,30-38,59,71H,11,14-25,49H2,1-7H3,(H2,50,60)(H,51,62)(H,52,61)(H,53,66)(H,54,67)(H,55,63)(H,56,64)(H,57,65)(H,69,70)/t30-,31-,32-,33-,34-,35-,36-,37-,38-/m0/s1. The van der Waals surface area contributed by atoms with Crippen molar-refractivity contribution in [2.75, 3.05) is 30.9 Å². The van der Waals surface area contributed by atoms with Crippen molar-refractivity contribution in [1.29, 1.82) is 0 Å². The molecule has 1 aromatic rings. The highest BCUT2D eigenvalue weighted by Crippen LogP contribution is 2.21. The van der Waals surface area contributed by atoms with E-state index in [0.29, 0.717) is 17.7 Å². The van der Waals surface area contributed by atoms with Crippen LogP contribution in [0.5, 0.6) is 0 Å². The van der Waals surface area contributed by atoms with Gasteiger partial charge in [0.25, 0.3) is 0 Å². The molecule has 0 radical (unpaired) electrons. The number of hydrogen-bond donors (Lipinski definition) is 12. The fraction of sp³-hybridized carbons (Fsp3) is 0.667. The Labute approximate surface area is 432 Å². The second kappa shape index (κ2) is 31.9. The zero-order valence-corrected chi connectivity index (χ0v) is 44.2. The van der Waals surface area contributed by atoms with E-state index < -0.39 is 120 Å². The number of carboxylic acid groups (broad SMARTS) is 1. The van der Waals surface area contributed by atoms with Crippen molar-refractivity contribution in [1.82, 2.24) is 42.1 Å². The molecule has 9 amide bonds. The third kappa shape index (κ3) is 21.7. The van der Waals surface area contributed by atoms with E-state index in [4.69, 9.17) is 11.5 Å². The molecule has 1 heterocycles. The molecule has 0 bridgehead atoms. The number of amides is 9. The number of nitrogens with zero attached hydrogens (tertiary/aromatic N) is 1. The molecule has 0 aromatic heterocycles. The summed E-state index contributed by atoms with van der Waals surface area (Å²) in [6.45, 7) is 10.1. The van der Waals surface area contributed by atoms with Gasteiger partial charge in [-0.15, -0.1) is 0 Å². The lowest BCUT2D eigenvalue weighted by molar-refractivity contribution is -0.143. The van der Waals surface area contributed by atoms with Crippen LogP contribution in [0.3, 0.4) is 0 Å². The molecule has 9 atom stereocenters. The average Bonchev–Trinajstić information content (AvgIpc) is 3.82. The lowest BCUT2D eigenvalue weighted by Gasteiger charge is -2.31. The topological polar surface area (TPSA) is 351 Å². The summed E-state index contributed by atoms with van der Waals surface area (Å²) < 4.78 is 0. The minimum absolute atomic E-state index is 0.0327. The first-order valence-electron chi connectivity index (χ1n) is 24.4. The molecular weight excluding hydrogens is 973 g/mol. The Hall–Kier alpha value is -5.46. The first-order chi connectivity index (χ1) is 33.9. The van der Waals surface area contributed by atoms with E-state index in [0.717, 1.165) is 0 Å². The maximum absolute atomic E-state index is 14.3. The summed E-state index contributed by atoms with van der Waals surface area (Å²) in [5, 5.41) is 38.2. The summed E-state index contributed by atoms with van der Waals surface area (Å²) in [7, 11) is 0. The fourth-order valence-electron chi connectivity index (χ4n) is 7.88. The van der Waals surface area contributed by atoms with Crippen LogP contribution < -0.4 is 48.7 Å². The molecule has 1 aromatic carbocycles. The number of thiol groups is 1. The molecule has 24 heteroatoms. The quantitative estimate of drug-likeness (QED) is 0.0390. The van der Waals surface area contributed by atoms with E-state index in [2.05, 4.69) is 49.8 Å². The summed E-state index contributed by atoms with van der Waals surface area (Å²) in [4.78, 5) is 134. The predicted octanol–water partition coefficient (Wildman–Crippen LogP) is -0.895. The number of carbonyl (C=O) groups excluding carboxylic acids is 9. The number of hydrogen-bond acceptors (Lipinski definition) is 14. The van der Waals surface area contributed by atoms with Gasteiger partial charge in [-0.3, -0.25) is 43.2 Å². The van der Waals surface area contributed by atoms with Gasteiger partial charge in [-0.05, 0) is 80.3 Å². The monoisotopic (exact) mass is 1050 g/mol. The van der Waals surface area contributed by atoms with E-state index >= 15 is 0 Å². The Morgan fingerprint density at radius 2 is 1.14 bits per heavy atom. The number of aliphatic hydroxyl groups excluding tert-OH is 1. The number of carboxylic acids is 1. The highest BCUT2D eigenvalue weighted by molar-refractivity contribution is 7.98. The van der Waals surface area contributed by atoms with Gasteiger partial charge >= 0.3 is 5.97 Å². The molecule has 1 saturated heterocycles. The number of benzene rings is 1. The van der Waals surface area contributed by atoms with Crippen LogP contribution in [0.15, 0.2) is 30.3 Å². The lowest BCUT2D eigenvalue weighted by Crippen LogP contribution is -2.61. The van der Waals surface area contributed by atoms with Crippen molar-refractivity contribution in [3.8, 4) is 0 Å². The molecule has 1 aliphatic rings. The van der Waals surface area contributed by atoms with Crippen LogP contribution in [0.25, 0.3) is 0 Å². The number of likely N-dealkylation sites (tertiary alicyclic amines) is 1. The molecule has 13 N–H and O–H groups in total. The smallest absolute Gasteiger partial charge is 0.326 e. The maximum Gasteiger partial charge on any atom is 0.326 e. The number of aliphatic hydroxyl groups is 1. The molecule has 404 valence electrons. The van der Waals surface area contributed by atoms with E-state index in [9.17, 15) is 58.2 Å². The van der Waals surface area contributed by atoms with Crippen LogP contribution in [-0.2, 0) is 54.4 Å². The van der Waals surface area contributed by atoms with Crippen LogP contribution in [0, 0.1) is 17.8 Å². The van der Waals surface area contributed by atoms with Gasteiger partial charge in [-0.25, -0.2) is 4.79 Å². The van der Waals surface area contributed by atoms with Crippen molar-refractivity contribution in [3.05, 3.63) is 35.9 Å². The molecule has 22 nitrogen and oxygen atoms in total. The molecule has 0 saturated carbocycles. The van der Waals surface area contributed by atoms with Gasteiger partial charge < -0.3 is 63.8 Å². The normalized spacial score (nSPS) is 16.8. The summed E-state index contributed by atoms with van der Waals surface area (Å²) in [6.07, 6.45) is 2.84. The van der Waals surface area contributed by atoms with Crippen LogP contribution >= 0.6 is 24.4 Å². The highest BCUT2D eigenvalue weighted by atomic mass is 32.2. The molecule has 0 aliphatic carbocycles. The van der Waals surface area contributed by atoms with Gasteiger partial charge in [0.2, 0.25) is 53.2 Å². The SMILES string of the molecule is CSCC[C@H](NC(=O)[C@H](CC(C)C)NC(=O)[C@@H](N)CCC(N)=O)C(=O)N1CCC[C@H]1C(=O)N[C@@H](Cc1ccccc1)C(=O)N[C@@H](CO)C(=O)N[C@@H](CS)C(=O)N[C@@H](CC(C)C)C(=O)N[C@@H](CC(C)C)C(=O)O. The third-order valence-corrected chi connectivity index (χ3v) is 12.7. The van der Waals surface area contributed by atoms with Gasteiger partial charge in [0.1, 0.15) is 48.3 Å². The van der Waals surface area contributed by atoms with Gasteiger partial charge in [-0.2, -0.15) is 24.4 Å². The van der Waals surface area contributed by atoms with Crippen molar-refractivity contribution >= 4 is 83.5 Å². The zero-order valence-electron chi connectivity index (χ0n) is 42.4. The zero-order chi connectivity index (χ0) is 54.2. The molecule has 1 fully saturated rings. The van der Waals surface area contributed by atoms with E-state index in [1.165, 1.54) is 16.7 Å². The highest BCUT2D eigenvalue weighted by Gasteiger charge is 2.40. The van der Waals surface area contributed by atoms with E-state index in [1.54, 1.807) is 58.0 Å². The Bertz CT molecular complexity index is 2000. The van der Waals surface area contributed by atoms with Crippen molar-refractivity contribution < 1.29 is 58.2 Å². The molecular formula is C48H78N10O12S2. The van der Waals surface area contributed by atoms with Gasteiger partial charge in [0.15, 0.2) is 0 Å². The maximum atomic E-state index is 14.3. The Morgan fingerprint density at radius 3 is 1.65 bits per heavy atom. The number of carbonyl (C=O) groups is 10. The lowest BCUT2D eigenvalue weighted by atomic mass is 10.0. The number of nitrogens with two attached hydrogens (primary N) is 2. The summed E-state index contributed by atoms with van der Waals surface area (Å²) in [6, 6.07) is -2.54. The van der Waals surface area contributed by atoms with Crippen molar-refractivity contribution in [2.45, 2.75) is 154 Å². The van der Waals surface area contributed by atoms with Crippen molar-refractivity contribution in [2.24, 2.45) is 29.2 Å². The second-order valence-electron chi connectivity index (χ2n) is 19.3. The summed E-state index contributed by atoms with van der Waals surface area (Å²) in [5.41, 5.74) is 11.8. The number of nitrogens with one attached hydrogen (secondary N) is 7. The van der Waals surface area contributed by atoms with Crippen molar-refractivity contribution in [3.63, 3.8) is 0 Å². The Morgan fingerprint density at radius 1 is 0.667 bits per heavy atom. The minimum atomic E-state index is -1.65. The number of primary amides is 1. The first-order valence-corrected chi connectivity index (χ1v) is 26.4. The largest absolute Gasteiger partial charge is 0.480 e. The van der Waals surface area contributed by atoms with Gasteiger partial charge in [-0.1, -0.05) is 71.9 Å². The number of thioether (sulfide) groups is 1.